The fourth-order valence-corrected chi connectivity index (χ4v) is 3.77. The van der Waals surface area contributed by atoms with Crippen molar-refractivity contribution in [3.63, 3.8) is 0 Å². The smallest absolute Gasteiger partial charge is 0.305 e. The SMILES string of the molecule is O=C(O)C[C@H](NC(=O)c1csc(-c2ccccc2)n1)c1cccc(Cl)c1Cl. The molecular weight excluding hydrogens is 407 g/mol. The van der Waals surface area contributed by atoms with Gasteiger partial charge in [0.15, 0.2) is 0 Å². The molecule has 3 aromatic rings. The molecule has 0 radical (unpaired) electrons. The van der Waals surface area contributed by atoms with E-state index in [-0.39, 0.29) is 17.1 Å². The van der Waals surface area contributed by atoms with Crippen LogP contribution in [-0.4, -0.2) is 22.0 Å². The van der Waals surface area contributed by atoms with E-state index in [0.29, 0.717) is 15.6 Å². The lowest BCUT2D eigenvalue weighted by molar-refractivity contribution is -0.137. The van der Waals surface area contributed by atoms with Crippen LogP contribution in [-0.2, 0) is 4.79 Å². The van der Waals surface area contributed by atoms with Crippen LogP contribution < -0.4 is 5.32 Å². The molecule has 0 unspecified atom stereocenters. The average Bonchev–Trinajstić information content (AvgIpc) is 3.14. The lowest BCUT2D eigenvalue weighted by atomic mass is 10.0. The van der Waals surface area contributed by atoms with E-state index in [9.17, 15) is 14.7 Å². The molecule has 0 saturated heterocycles. The number of carboxylic acid groups (broad SMARTS) is 1. The zero-order valence-corrected chi connectivity index (χ0v) is 16.2. The van der Waals surface area contributed by atoms with E-state index in [1.165, 1.54) is 11.3 Å². The summed E-state index contributed by atoms with van der Waals surface area (Å²) in [5.74, 6) is -1.55. The highest BCUT2D eigenvalue weighted by Gasteiger charge is 2.23. The van der Waals surface area contributed by atoms with Gasteiger partial charge in [-0.25, -0.2) is 4.98 Å². The Balaban J connectivity index is 1.84. The number of nitrogens with one attached hydrogen (secondary N) is 1. The number of rotatable bonds is 6. The Morgan fingerprint density at radius 1 is 1.11 bits per heavy atom. The van der Waals surface area contributed by atoms with Crippen molar-refractivity contribution in [1.29, 1.82) is 0 Å². The fourth-order valence-electron chi connectivity index (χ4n) is 2.53. The number of hydrogen-bond donors (Lipinski definition) is 2. The predicted octanol–water partition coefficient (Wildman–Crippen LogP) is 5.06. The van der Waals surface area contributed by atoms with Crippen LogP contribution in [0.15, 0.2) is 53.9 Å². The standard InChI is InChI=1S/C19H14Cl2N2O3S/c20-13-8-4-7-12(17(13)21)14(9-16(24)25)22-18(26)15-10-27-19(23-15)11-5-2-1-3-6-11/h1-8,10,14H,9H2,(H,22,26)(H,24,25)/t14-/m0/s1. The maximum Gasteiger partial charge on any atom is 0.305 e. The molecule has 0 saturated carbocycles. The number of carbonyl (C=O) groups is 2. The second-order valence-corrected chi connectivity index (χ2v) is 7.31. The van der Waals surface area contributed by atoms with Crippen LogP contribution >= 0.6 is 34.5 Å². The summed E-state index contributed by atoms with van der Waals surface area (Å²) in [6.45, 7) is 0. The van der Waals surface area contributed by atoms with Gasteiger partial charge < -0.3 is 10.4 Å². The van der Waals surface area contributed by atoms with Gasteiger partial charge in [-0.15, -0.1) is 11.3 Å². The highest BCUT2D eigenvalue weighted by molar-refractivity contribution is 7.13. The van der Waals surface area contributed by atoms with Crippen LogP contribution in [0.25, 0.3) is 10.6 Å². The minimum Gasteiger partial charge on any atom is -0.481 e. The summed E-state index contributed by atoms with van der Waals surface area (Å²) < 4.78 is 0. The normalized spacial score (nSPS) is 11.8. The number of benzene rings is 2. The summed E-state index contributed by atoms with van der Waals surface area (Å²) in [7, 11) is 0. The van der Waals surface area contributed by atoms with E-state index < -0.39 is 17.9 Å². The van der Waals surface area contributed by atoms with Crippen molar-refractivity contribution in [1.82, 2.24) is 10.3 Å². The molecule has 3 rings (SSSR count). The first-order valence-corrected chi connectivity index (χ1v) is 9.56. The van der Waals surface area contributed by atoms with E-state index >= 15 is 0 Å². The molecule has 27 heavy (non-hydrogen) atoms. The van der Waals surface area contributed by atoms with Gasteiger partial charge in [0.2, 0.25) is 0 Å². The van der Waals surface area contributed by atoms with Crippen molar-refractivity contribution in [2.75, 3.05) is 0 Å². The van der Waals surface area contributed by atoms with E-state index in [4.69, 9.17) is 23.2 Å². The minimum absolute atomic E-state index is 0.215. The summed E-state index contributed by atoms with van der Waals surface area (Å²) in [4.78, 5) is 28.2. The maximum atomic E-state index is 12.6. The van der Waals surface area contributed by atoms with Crippen molar-refractivity contribution in [3.8, 4) is 10.6 Å². The van der Waals surface area contributed by atoms with Gasteiger partial charge in [0.05, 0.1) is 22.5 Å². The third-order valence-corrected chi connectivity index (χ3v) is 5.52. The van der Waals surface area contributed by atoms with Crippen LogP contribution in [0.3, 0.4) is 0 Å². The van der Waals surface area contributed by atoms with Gasteiger partial charge in [0.1, 0.15) is 10.7 Å². The third-order valence-electron chi connectivity index (χ3n) is 3.80. The van der Waals surface area contributed by atoms with Crippen molar-refractivity contribution in [2.24, 2.45) is 0 Å². The molecule has 1 atom stereocenters. The van der Waals surface area contributed by atoms with Crippen LogP contribution in [0.4, 0.5) is 0 Å². The highest BCUT2D eigenvalue weighted by atomic mass is 35.5. The number of amides is 1. The van der Waals surface area contributed by atoms with Crippen molar-refractivity contribution in [3.05, 3.63) is 75.2 Å². The first-order valence-electron chi connectivity index (χ1n) is 7.93. The summed E-state index contributed by atoms with van der Waals surface area (Å²) in [6, 6.07) is 13.5. The molecule has 0 aliphatic carbocycles. The van der Waals surface area contributed by atoms with E-state index in [1.807, 2.05) is 30.3 Å². The van der Waals surface area contributed by atoms with Crippen molar-refractivity contribution in [2.45, 2.75) is 12.5 Å². The average molecular weight is 421 g/mol. The number of aromatic nitrogens is 1. The first-order chi connectivity index (χ1) is 13.0. The van der Waals surface area contributed by atoms with E-state index in [2.05, 4.69) is 10.3 Å². The van der Waals surface area contributed by atoms with Gasteiger partial charge in [0.25, 0.3) is 5.91 Å². The number of hydrogen-bond acceptors (Lipinski definition) is 4. The zero-order chi connectivity index (χ0) is 19.4. The van der Waals surface area contributed by atoms with Crippen LogP contribution in [0.2, 0.25) is 10.0 Å². The molecule has 0 fully saturated rings. The lowest BCUT2D eigenvalue weighted by Crippen LogP contribution is -2.30. The molecule has 138 valence electrons. The fraction of sp³-hybridized carbons (Fsp3) is 0.105. The van der Waals surface area contributed by atoms with Gasteiger partial charge in [0, 0.05) is 10.9 Å². The molecule has 0 aliphatic heterocycles. The first kappa shape index (κ1) is 19.4. The number of carboxylic acids is 1. The van der Waals surface area contributed by atoms with Crippen molar-refractivity contribution < 1.29 is 14.7 Å². The van der Waals surface area contributed by atoms with Gasteiger partial charge in [-0.3, -0.25) is 9.59 Å². The van der Waals surface area contributed by atoms with Gasteiger partial charge in [-0.1, -0.05) is 65.7 Å². The molecule has 8 heteroatoms. The maximum absolute atomic E-state index is 12.6. The second kappa shape index (κ2) is 8.52. The van der Waals surface area contributed by atoms with Gasteiger partial charge >= 0.3 is 5.97 Å². The Hall–Kier alpha value is -2.41. The molecule has 1 heterocycles. The summed E-state index contributed by atoms with van der Waals surface area (Å²) in [5, 5.41) is 14.7. The van der Waals surface area contributed by atoms with Crippen LogP contribution in [0.5, 0.6) is 0 Å². The molecule has 0 aliphatic rings. The number of carbonyl (C=O) groups excluding carboxylic acids is 1. The molecule has 0 bridgehead atoms. The summed E-state index contributed by atoms with van der Waals surface area (Å²) >= 11 is 13.5. The van der Waals surface area contributed by atoms with Crippen LogP contribution in [0, 0.1) is 0 Å². The highest BCUT2D eigenvalue weighted by Crippen LogP contribution is 2.32. The number of nitrogens with zero attached hydrogens (tertiary/aromatic N) is 1. The Kier molecular flexibility index (Phi) is 6.11. The molecule has 1 amide bonds. The largest absolute Gasteiger partial charge is 0.481 e. The van der Waals surface area contributed by atoms with E-state index in [0.717, 1.165) is 5.56 Å². The number of halogens is 2. The van der Waals surface area contributed by atoms with Crippen LogP contribution in [0.1, 0.15) is 28.5 Å². The second-order valence-electron chi connectivity index (χ2n) is 5.67. The quantitative estimate of drug-likeness (QED) is 0.583. The minimum atomic E-state index is -1.07. The molecule has 2 aromatic carbocycles. The Morgan fingerprint density at radius 3 is 2.56 bits per heavy atom. The topological polar surface area (TPSA) is 79.3 Å². The number of thiazole rings is 1. The number of aliphatic carboxylic acids is 1. The van der Waals surface area contributed by atoms with E-state index in [1.54, 1.807) is 23.6 Å². The zero-order valence-electron chi connectivity index (χ0n) is 13.9. The molecule has 0 spiro atoms. The molecule has 2 N–H and O–H groups in total. The Morgan fingerprint density at radius 2 is 1.85 bits per heavy atom. The predicted molar refractivity (Wildman–Crippen MR) is 106 cm³/mol. The van der Waals surface area contributed by atoms with Crippen molar-refractivity contribution >= 4 is 46.4 Å². The molecular formula is C19H14Cl2N2O3S. The Labute approximate surface area is 169 Å². The van der Waals surface area contributed by atoms with Gasteiger partial charge in [-0.05, 0) is 11.6 Å². The van der Waals surface area contributed by atoms with Gasteiger partial charge in [-0.2, -0.15) is 0 Å². The lowest BCUT2D eigenvalue weighted by Gasteiger charge is -2.18. The summed E-state index contributed by atoms with van der Waals surface area (Å²) in [5.41, 5.74) is 1.56. The summed E-state index contributed by atoms with van der Waals surface area (Å²) in [6.07, 6.45) is -0.332. The third kappa shape index (κ3) is 4.66. The monoisotopic (exact) mass is 420 g/mol. The molecule has 5 nitrogen and oxygen atoms in total. The molecule has 1 aromatic heterocycles. The Bertz CT molecular complexity index is 976.